The SMILES string of the molecule is C[N+](C)(c1ccc(CCCC2CCCC2)cc1F)S(C)(=O)(O)c1ccc2c(c1)CCN(Cc1ccc(OCC(F)(F)F)nc1)C2. The zero-order valence-corrected chi connectivity index (χ0v) is 27.1. The van der Waals surface area contributed by atoms with Crippen LogP contribution in [0.2, 0.25) is 0 Å². The van der Waals surface area contributed by atoms with E-state index in [9.17, 15) is 21.9 Å². The van der Waals surface area contributed by atoms with Crippen molar-refractivity contribution in [2.24, 2.45) is 5.92 Å². The highest BCUT2D eigenvalue weighted by atomic mass is 32.3. The number of nitrogens with zero attached hydrogens (tertiary/aromatic N) is 3. The number of fused-ring (bicyclic) bond motifs is 1. The van der Waals surface area contributed by atoms with Crippen LogP contribution in [0.5, 0.6) is 5.88 Å². The summed E-state index contributed by atoms with van der Waals surface area (Å²) in [6.45, 7) is 0.430. The van der Waals surface area contributed by atoms with Crippen molar-refractivity contribution < 1.29 is 31.1 Å². The Balaban J connectivity index is 1.25. The van der Waals surface area contributed by atoms with E-state index in [2.05, 4.69) is 14.6 Å². The summed E-state index contributed by atoms with van der Waals surface area (Å²) < 4.78 is 83.4. The van der Waals surface area contributed by atoms with Gasteiger partial charge in [-0.15, -0.1) is 0 Å². The average molecular weight is 651 g/mol. The molecule has 6 nitrogen and oxygen atoms in total. The summed E-state index contributed by atoms with van der Waals surface area (Å²) in [4.78, 5) is 6.44. The van der Waals surface area contributed by atoms with Crippen molar-refractivity contribution in [1.29, 1.82) is 0 Å². The predicted octanol–water partition coefficient (Wildman–Crippen LogP) is 7.70. The van der Waals surface area contributed by atoms with E-state index in [4.69, 9.17) is 0 Å². The number of alkyl halides is 3. The van der Waals surface area contributed by atoms with Crippen LogP contribution in [0.1, 0.15) is 60.8 Å². The van der Waals surface area contributed by atoms with Crippen molar-refractivity contribution in [3.8, 4) is 5.88 Å². The van der Waals surface area contributed by atoms with Gasteiger partial charge in [0.2, 0.25) is 5.88 Å². The molecule has 0 spiro atoms. The Morgan fingerprint density at radius 1 is 1.04 bits per heavy atom. The summed E-state index contributed by atoms with van der Waals surface area (Å²) in [6, 6.07) is 13.5. The van der Waals surface area contributed by atoms with E-state index in [-0.39, 0.29) is 16.5 Å². The summed E-state index contributed by atoms with van der Waals surface area (Å²) in [5, 5.41) is 0. The maximum atomic E-state index is 15.6. The predicted molar refractivity (Wildman–Crippen MR) is 170 cm³/mol. The maximum Gasteiger partial charge on any atom is 0.422 e. The van der Waals surface area contributed by atoms with E-state index in [1.165, 1.54) is 50.3 Å². The summed E-state index contributed by atoms with van der Waals surface area (Å²) in [5.41, 5.74) is 3.90. The van der Waals surface area contributed by atoms with Crippen LogP contribution in [0.3, 0.4) is 0 Å². The molecule has 0 amide bonds. The summed E-state index contributed by atoms with van der Waals surface area (Å²) in [5.74, 6) is 0.231. The van der Waals surface area contributed by atoms with E-state index in [0.29, 0.717) is 26.1 Å². The molecule has 0 unspecified atom stereocenters. The third kappa shape index (κ3) is 7.59. The van der Waals surface area contributed by atoms with Crippen molar-refractivity contribution in [3.05, 3.63) is 82.8 Å². The first kappa shape index (κ1) is 33.5. The molecule has 0 bridgehead atoms. The molecule has 0 saturated heterocycles. The van der Waals surface area contributed by atoms with Gasteiger partial charge in [0.15, 0.2) is 18.1 Å². The molecule has 1 aliphatic heterocycles. The molecular formula is C34H44F4N3O3S+. The van der Waals surface area contributed by atoms with Gasteiger partial charge in [-0.1, -0.05) is 59.8 Å². The third-order valence-electron chi connectivity index (χ3n) is 9.62. The minimum Gasteiger partial charge on any atom is -0.468 e. The Kier molecular flexibility index (Phi) is 9.48. The second-order valence-corrected chi connectivity index (χ2v) is 17.1. The second-order valence-electron chi connectivity index (χ2n) is 13.2. The average Bonchev–Trinajstić information content (AvgIpc) is 3.49. The van der Waals surface area contributed by atoms with Crippen LogP contribution in [0.15, 0.2) is 59.6 Å². The molecule has 1 saturated carbocycles. The lowest BCUT2D eigenvalue weighted by Crippen LogP contribution is -2.62. The number of pyridine rings is 1. The molecule has 2 aliphatic rings. The van der Waals surface area contributed by atoms with Crippen molar-refractivity contribution in [2.45, 2.75) is 75.5 Å². The van der Waals surface area contributed by atoms with Crippen LogP contribution in [-0.2, 0) is 35.5 Å². The zero-order chi connectivity index (χ0) is 32.5. The number of aryl methyl sites for hydroxylation is 1. The van der Waals surface area contributed by atoms with Crippen molar-refractivity contribution >= 4 is 15.2 Å². The van der Waals surface area contributed by atoms with Gasteiger partial charge in [-0.25, -0.2) is 9.37 Å². The van der Waals surface area contributed by atoms with Crippen LogP contribution in [-0.4, -0.2) is 58.3 Å². The fourth-order valence-electron chi connectivity index (χ4n) is 6.55. The van der Waals surface area contributed by atoms with Crippen LogP contribution >= 0.6 is 0 Å². The number of hydrogen-bond acceptors (Lipinski definition) is 4. The third-order valence-corrected chi connectivity index (χ3v) is 13.3. The molecule has 2 aromatic carbocycles. The Morgan fingerprint density at radius 2 is 1.78 bits per heavy atom. The fourth-order valence-corrected chi connectivity index (χ4v) is 8.48. The molecule has 5 rings (SSSR count). The molecule has 0 radical (unpaired) electrons. The maximum absolute atomic E-state index is 15.6. The lowest BCUT2D eigenvalue weighted by atomic mass is 9.98. The molecule has 11 heteroatoms. The molecule has 3 aromatic rings. The summed E-state index contributed by atoms with van der Waals surface area (Å²) >= 11 is 0. The topological polar surface area (TPSA) is 62.7 Å². The van der Waals surface area contributed by atoms with E-state index in [0.717, 1.165) is 47.4 Å². The quantitative estimate of drug-likeness (QED) is 0.170. The van der Waals surface area contributed by atoms with E-state index in [1.807, 2.05) is 12.1 Å². The highest BCUT2D eigenvalue weighted by molar-refractivity contribution is 8.14. The molecule has 246 valence electrons. The van der Waals surface area contributed by atoms with Crippen molar-refractivity contribution in [3.63, 3.8) is 0 Å². The van der Waals surface area contributed by atoms with Gasteiger partial charge in [-0.3, -0.25) is 9.45 Å². The molecule has 1 aliphatic carbocycles. The standard InChI is InChI=1S/C34H43F4N3O3S/c1-41(2,32-15-11-26(19-31(32)35)10-6-9-25-7-4-5-8-25)45(3,42,43)30-14-13-29-23-40(18-17-28(29)20-30)22-27-12-16-33(39-21-27)44-24-34(36,37)38/h11-16,19-21,25H,4-10,17-18,22-24H2,1-3H3/p+1. The first-order chi connectivity index (χ1) is 21.1. The second kappa shape index (κ2) is 12.7. The lowest BCUT2D eigenvalue weighted by Gasteiger charge is -2.53. The summed E-state index contributed by atoms with van der Waals surface area (Å²) in [7, 11) is -1.48. The molecule has 1 N–H and O–H groups in total. The molecule has 45 heavy (non-hydrogen) atoms. The van der Waals surface area contributed by atoms with Gasteiger partial charge in [0.05, 0.1) is 20.4 Å². The van der Waals surface area contributed by atoms with Gasteiger partial charge in [0.25, 0.3) is 0 Å². The monoisotopic (exact) mass is 650 g/mol. The van der Waals surface area contributed by atoms with Gasteiger partial charge in [0.1, 0.15) is 4.90 Å². The Labute approximate surface area is 263 Å². The highest BCUT2D eigenvalue weighted by Gasteiger charge is 2.45. The molecule has 0 atom stereocenters. The van der Waals surface area contributed by atoms with Gasteiger partial charge >= 0.3 is 6.18 Å². The zero-order valence-electron chi connectivity index (χ0n) is 26.3. The van der Waals surface area contributed by atoms with Crippen molar-refractivity contribution in [1.82, 2.24) is 13.8 Å². The smallest absolute Gasteiger partial charge is 0.422 e. The lowest BCUT2D eigenvalue weighted by molar-refractivity contribution is -0.154. The fraction of sp³-hybridized carbons (Fsp3) is 0.500. The normalized spacial score (nSPS) is 17.6. The Bertz CT molecular complexity index is 1560. The number of aromatic nitrogens is 1. The summed E-state index contributed by atoms with van der Waals surface area (Å²) in [6.07, 6.45) is 7.24. The molecular weight excluding hydrogens is 606 g/mol. The minimum absolute atomic E-state index is 0.0823. The van der Waals surface area contributed by atoms with Crippen molar-refractivity contribution in [2.75, 3.05) is 33.5 Å². The number of rotatable bonds is 11. The number of halogens is 4. The van der Waals surface area contributed by atoms with Gasteiger partial charge in [0, 0.05) is 38.0 Å². The number of hydrogen-bond donors (Lipinski definition) is 1. The number of quaternary nitrogens is 1. The highest BCUT2D eigenvalue weighted by Crippen LogP contribution is 2.44. The Hall–Kier alpha value is -2.86. The number of benzene rings is 2. The molecule has 2 heterocycles. The van der Waals surface area contributed by atoms with Crippen LogP contribution < -0.4 is 8.63 Å². The molecule has 1 fully saturated rings. The largest absolute Gasteiger partial charge is 0.468 e. The van der Waals surface area contributed by atoms with Gasteiger partial charge < -0.3 is 4.74 Å². The Morgan fingerprint density at radius 3 is 2.44 bits per heavy atom. The first-order valence-corrected chi connectivity index (χ1v) is 17.9. The first-order valence-electron chi connectivity index (χ1n) is 15.6. The minimum atomic E-state index is -4.65. The van der Waals surface area contributed by atoms with Gasteiger partial charge in [-0.05, 0) is 65.6 Å². The van der Waals surface area contributed by atoms with E-state index >= 15 is 4.39 Å². The number of ether oxygens (including phenoxy) is 1. The van der Waals surface area contributed by atoms with Crippen LogP contribution in [0.4, 0.5) is 23.2 Å². The van der Waals surface area contributed by atoms with Crippen LogP contribution in [0.25, 0.3) is 0 Å². The van der Waals surface area contributed by atoms with Crippen LogP contribution in [0, 0.1) is 11.7 Å². The molecule has 1 aromatic heterocycles. The van der Waals surface area contributed by atoms with E-state index < -0.39 is 32.0 Å². The van der Waals surface area contributed by atoms with Gasteiger partial charge in [-0.2, -0.15) is 21.3 Å². The van der Waals surface area contributed by atoms with E-state index in [1.54, 1.807) is 38.4 Å².